The van der Waals surface area contributed by atoms with Gasteiger partial charge in [-0.2, -0.15) is 0 Å². The molecule has 0 radical (unpaired) electrons. The van der Waals surface area contributed by atoms with Gasteiger partial charge in [0.05, 0.1) is 18.8 Å². The van der Waals surface area contributed by atoms with E-state index in [0.29, 0.717) is 13.1 Å². The summed E-state index contributed by atoms with van der Waals surface area (Å²) in [6.45, 7) is 5.66. The first-order valence-corrected chi connectivity index (χ1v) is 7.56. The number of imidazole rings is 1. The lowest BCUT2D eigenvalue weighted by Gasteiger charge is -2.39. The minimum absolute atomic E-state index is 0.0660. The van der Waals surface area contributed by atoms with Crippen LogP contribution in [-0.4, -0.2) is 52.0 Å². The van der Waals surface area contributed by atoms with Crippen molar-refractivity contribution < 1.29 is 9.21 Å². The monoisotopic (exact) mass is 303 g/mol. The van der Waals surface area contributed by atoms with Gasteiger partial charge in [0.1, 0.15) is 11.6 Å². The van der Waals surface area contributed by atoms with E-state index in [1.165, 1.54) is 0 Å². The molecule has 3 rings (SSSR count). The number of nitrogens with zero attached hydrogens (tertiary/aromatic N) is 3. The molecule has 1 atom stereocenters. The van der Waals surface area contributed by atoms with E-state index < -0.39 is 0 Å². The second-order valence-corrected chi connectivity index (χ2v) is 5.30. The van der Waals surface area contributed by atoms with Gasteiger partial charge in [-0.3, -0.25) is 4.90 Å². The zero-order valence-electron chi connectivity index (χ0n) is 12.7. The molecule has 7 heteroatoms. The van der Waals surface area contributed by atoms with Crippen LogP contribution in [0.4, 0.5) is 4.79 Å². The molecule has 2 aromatic heterocycles. The smallest absolute Gasteiger partial charge is 0.317 e. The molecule has 0 aromatic carbocycles. The molecular weight excluding hydrogens is 282 g/mol. The lowest BCUT2D eigenvalue weighted by atomic mass is 10.1. The van der Waals surface area contributed by atoms with Gasteiger partial charge in [-0.05, 0) is 18.7 Å². The van der Waals surface area contributed by atoms with Crippen molar-refractivity contribution in [3.05, 3.63) is 42.4 Å². The summed E-state index contributed by atoms with van der Waals surface area (Å²) in [5.74, 6) is 1.66. The molecule has 1 fully saturated rings. The first kappa shape index (κ1) is 14.6. The van der Waals surface area contributed by atoms with Gasteiger partial charge in [-0.1, -0.05) is 6.92 Å². The first-order chi connectivity index (χ1) is 10.8. The van der Waals surface area contributed by atoms with Gasteiger partial charge < -0.3 is 19.6 Å². The van der Waals surface area contributed by atoms with E-state index in [2.05, 4.69) is 27.1 Å². The predicted octanol–water partition coefficient (Wildman–Crippen LogP) is 1.59. The van der Waals surface area contributed by atoms with Gasteiger partial charge in [0.15, 0.2) is 0 Å². The van der Waals surface area contributed by atoms with Crippen molar-refractivity contribution in [3.63, 3.8) is 0 Å². The summed E-state index contributed by atoms with van der Waals surface area (Å²) in [6.07, 6.45) is 5.17. The van der Waals surface area contributed by atoms with Crippen LogP contribution in [0.25, 0.3) is 0 Å². The number of aromatic amines is 1. The number of hydrogen-bond donors (Lipinski definition) is 2. The van der Waals surface area contributed by atoms with Crippen LogP contribution in [0.5, 0.6) is 0 Å². The lowest BCUT2D eigenvalue weighted by molar-refractivity contribution is 0.0894. The molecule has 22 heavy (non-hydrogen) atoms. The molecule has 0 bridgehead atoms. The fourth-order valence-electron chi connectivity index (χ4n) is 2.79. The number of likely N-dealkylation sites (N-methyl/N-ethyl adjacent to an activating group) is 1. The molecule has 0 saturated carbocycles. The zero-order chi connectivity index (χ0) is 15.4. The molecule has 0 unspecified atom stereocenters. The van der Waals surface area contributed by atoms with E-state index in [-0.39, 0.29) is 12.1 Å². The van der Waals surface area contributed by atoms with Gasteiger partial charge in [-0.15, -0.1) is 0 Å². The molecule has 7 nitrogen and oxygen atoms in total. The third kappa shape index (κ3) is 3.14. The Morgan fingerprint density at radius 2 is 2.45 bits per heavy atom. The Bertz CT molecular complexity index is 581. The Kier molecular flexibility index (Phi) is 4.43. The summed E-state index contributed by atoms with van der Waals surface area (Å²) in [5, 5.41) is 2.90. The molecule has 1 aliphatic heterocycles. The highest BCUT2D eigenvalue weighted by molar-refractivity contribution is 5.74. The molecular formula is C15H21N5O2. The highest BCUT2D eigenvalue weighted by atomic mass is 16.3. The maximum atomic E-state index is 12.3. The molecule has 3 heterocycles. The minimum atomic E-state index is -0.0660. The number of carbonyl (C=O) groups excluding carboxylic acids is 1. The number of hydrogen-bond acceptors (Lipinski definition) is 4. The van der Waals surface area contributed by atoms with Crippen LogP contribution in [0, 0.1) is 0 Å². The summed E-state index contributed by atoms with van der Waals surface area (Å²) in [7, 11) is 0. The van der Waals surface area contributed by atoms with Crippen molar-refractivity contribution in [2.75, 3.05) is 26.2 Å². The standard InChI is InChI=1S/C15H21N5O2/c1-2-19-7-8-20(11-13(19)14-16-5-6-17-14)15(21)18-10-12-4-3-9-22-12/h3-6,9,13H,2,7-8,10-11H2,1H3,(H,16,17)(H,18,21)/t13-/m0/s1. The summed E-state index contributed by atoms with van der Waals surface area (Å²) in [6, 6.07) is 3.71. The van der Waals surface area contributed by atoms with Crippen molar-refractivity contribution in [2.45, 2.75) is 19.5 Å². The third-order valence-electron chi connectivity index (χ3n) is 4.01. The topological polar surface area (TPSA) is 77.4 Å². The van der Waals surface area contributed by atoms with Gasteiger partial charge in [-0.25, -0.2) is 9.78 Å². The van der Waals surface area contributed by atoms with Gasteiger partial charge in [0, 0.05) is 32.0 Å². The fourth-order valence-corrected chi connectivity index (χ4v) is 2.79. The Morgan fingerprint density at radius 1 is 1.55 bits per heavy atom. The maximum absolute atomic E-state index is 12.3. The van der Waals surface area contributed by atoms with Crippen LogP contribution >= 0.6 is 0 Å². The Labute approximate surface area is 129 Å². The van der Waals surface area contributed by atoms with E-state index in [4.69, 9.17) is 4.42 Å². The van der Waals surface area contributed by atoms with Crippen molar-refractivity contribution in [1.29, 1.82) is 0 Å². The van der Waals surface area contributed by atoms with Crippen molar-refractivity contribution in [3.8, 4) is 0 Å². The summed E-state index contributed by atoms with van der Waals surface area (Å²) in [4.78, 5) is 24.0. The summed E-state index contributed by atoms with van der Waals surface area (Å²) < 4.78 is 5.23. The van der Waals surface area contributed by atoms with Gasteiger partial charge in [0.25, 0.3) is 0 Å². The predicted molar refractivity (Wildman–Crippen MR) is 81.1 cm³/mol. The fraction of sp³-hybridized carbons (Fsp3) is 0.467. The average molecular weight is 303 g/mol. The number of piperazine rings is 1. The van der Waals surface area contributed by atoms with Crippen LogP contribution in [0.2, 0.25) is 0 Å². The minimum Gasteiger partial charge on any atom is -0.467 e. The van der Waals surface area contributed by atoms with Crippen LogP contribution in [0.1, 0.15) is 24.6 Å². The Hall–Kier alpha value is -2.28. The van der Waals surface area contributed by atoms with Crippen molar-refractivity contribution >= 4 is 6.03 Å². The van der Waals surface area contributed by atoms with E-state index in [0.717, 1.165) is 31.2 Å². The van der Waals surface area contributed by atoms with E-state index in [1.807, 2.05) is 23.2 Å². The van der Waals surface area contributed by atoms with E-state index in [1.54, 1.807) is 12.5 Å². The average Bonchev–Trinajstić information content (AvgIpc) is 3.25. The lowest BCUT2D eigenvalue weighted by Crippen LogP contribution is -2.53. The van der Waals surface area contributed by atoms with Crippen LogP contribution in [0.3, 0.4) is 0 Å². The molecule has 118 valence electrons. The highest BCUT2D eigenvalue weighted by Crippen LogP contribution is 2.22. The molecule has 2 amide bonds. The number of carbonyl (C=O) groups is 1. The normalized spacial score (nSPS) is 19.3. The Morgan fingerprint density at radius 3 is 3.14 bits per heavy atom. The largest absolute Gasteiger partial charge is 0.467 e. The first-order valence-electron chi connectivity index (χ1n) is 7.56. The van der Waals surface area contributed by atoms with Gasteiger partial charge >= 0.3 is 6.03 Å². The number of urea groups is 1. The van der Waals surface area contributed by atoms with Crippen LogP contribution in [0.15, 0.2) is 35.2 Å². The van der Waals surface area contributed by atoms with E-state index >= 15 is 0 Å². The molecule has 0 spiro atoms. The number of rotatable bonds is 4. The number of furan rings is 1. The van der Waals surface area contributed by atoms with Crippen molar-refractivity contribution in [1.82, 2.24) is 25.1 Å². The Balaban J connectivity index is 1.61. The third-order valence-corrected chi connectivity index (χ3v) is 4.01. The van der Waals surface area contributed by atoms with Crippen LogP contribution in [-0.2, 0) is 6.54 Å². The number of aromatic nitrogens is 2. The number of amides is 2. The second kappa shape index (κ2) is 6.65. The maximum Gasteiger partial charge on any atom is 0.317 e. The molecule has 0 aliphatic carbocycles. The molecule has 1 saturated heterocycles. The summed E-state index contributed by atoms with van der Waals surface area (Å²) >= 11 is 0. The molecule has 2 N–H and O–H groups in total. The van der Waals surface area contributed by atoms with Gasteiger partial charge in [0.2, 0.25) is 0 Å². The zero-order valence-corrected chi connectivity index (χ0v) is 12.7. The quantitative estimate of drug-likeness (QED) is 0.899. The SMILES string of the molecule is CCN1CCN(C(=O)NCc2ccco2)C[C@H]1c1ncc[nH]1. The van der Waals surface area contributed by atoms with E-state index in [9.17, 15) is 4.79 Å². The highest BCUT2D eigenvalue weighted by Gasteiger charge is 2.31. The number of H-pyrrole nitrogens is 1. The van der Waals surface area contributed by atoms with Crippen molar-refractivity contribution in [2.24, 2.45) is 0 Å². The molecule has 1 aliphatic rings. The van der Waals surface area contributed by atoms with Crippen LogP contribution < -0.4 is 5.32 Å². The molecule has 2 aromatic rings. The number of nitrogens with one attached hydrogen (secondary N) is 2. The second-order valence-electron chi connectivity index (χ2n) is 5.30. The summed E-state index contributed by atoms with van der Waals surface area (Å²) in [5.41, 5.74) is 0.